The zero-order valence-corrected chi connectivity index (χ0v) is 17.7. The van der Waals surface area contributed by atoms with Crippen molar-refractivity contribution in [3.63, 3.8) is 0 Å². The van der Waals surface area contributed by atoms with E-state index in [0.717, 1.165) is 6.07 Å². The Bertz CT molecular complexity index is 955. The molecule has 1 saturated heterocycles. The molecule has 0 atom stereocenters. The lowest BCUT2D eigenvalue weighted by Crippen LogP contribution is -2.50. The van der Waals surface area contributed by atoms with E-state index in [2.05, 4.69) is 4.98 Å². The van der Waals surface area contributed by atoms with E-state index in [0.29, 0.717) is 30.3 Å². The number of ether oxygens (including phenoxy) is 1. The van der Waals surface area contributed by atoms with Crippen LogP contribution in [0, 0.1) is 6.92 Å². The van der Waals surface area contributed by atoms with Gasteiger partial charge in [0.1, 0.15) is 5.82 Å². The fourth-order valence-electron chi connectivity index (χ4n) is 3.59. The maximum Gasteiger partial charge on any atom is 0.416 e. The van der Waals surface area contributed by atoms with Gasteiger partial charge in [0.2, 0.25) is 0 Å². The van der Waals surface area contributed by atoms with Crippen LogP contribution in [0.25, 0.3) is 0 Å². The zero-order valence-electron chi connectivity index (χ0n) is 17.7. The number of carbonyl (C=O) groups excluding carboxylic acids is 1. The van der Waals surface area contributed by atoms with Gasteiger partial charge in [0.25, 0.3) is 0 Å². The van der Waals surface area contributed by atoms with Crippen molar-refractivity contribution in [3.05, 3.63) is 46.5 Å². The lowest BCUT2D eigenvalue weighted by Gasteiger charge is -2.38. The van der Waals surface area contributed by atoms with Crippen LogP contribution in [0.15, 0.2) is 18.2 Å². The number of aliphatic hydroxyl groups excluding tert-OH is 1. The molecule has 6 nitrogen and oxygen atoms in total. The van der Waals surface area contributed by atoms with Gasteiger partial charge in [0.05, 0.1) is 18.8 Å². The van der Waals surface area contributed by atoms with Crippen LogP contribution >= 0.6 is 0 Å². The van der Waals surface area contributed by atoms with Crippen molar-refractivity contribution in [2.24, 2.45) is 0 Å². The fourth-order valence-corrected chi connectivity index (χ4v) is 3.59. The molecule has 1 aliphatic heterocycles. The predicted octanol–water partition coefficient (Wildman–Crippen LogP) is 3.52. The summed E-state index contributed by atoms with van der Waals surface area (Å²) in [5.41, 5.74) is -0.186. The number of imidazole rings is 1. The number of carbonyl (C=O) groups is 1. The number of nitrogens with zero attached hydrogens (tertiary/aromatic N) is 3. The molecule has 1 N–H and O–H groups in total. The monoisotopic (exact) mass is 425 g/mol. The molecule has 1 aliphatic rings. The van der Waals surface area contributed by atoms with Crippen LogP contribution in [0.1, 0.15) is 53.9 Å². The minimum absolute atomic E-state index is 0.0785. The van der Waals surface area contributed by atoms with Crippen LogP contribution in [0.5, 0.6) is 0 Å². The number of rotatable bonds is 4. The molecule has 0 saturated carbocycles. The van der Waals surface area contributed by atoms with Crippen molar-refractivity contribution in [2.75, 3.05) is 25.1 Å². The molecule has 3 rings (SSSR count). The Hall–Kier alpha value is -2.55. The summed E-state index contributed by atoms with van der Waals surface area (Å²) in [6, 6.07) is 4.19. The molecule has 0 unspecified atom stereocenters. The normalized spacial score (nSPS) is 15.3. The molecule has 1 aromatic heterocycles. The fraction of sp³-hybridized carbons (Fsp3) is 0.524. The van der Waals surface area contributed by atoms with E-state index in [4.69, 9.17) is 4.74 Å². The number of anilines is 1. The van der Waals surface area contributed by atoms with Crippen LogP contribution in [-0.2, 0) is 22.9 Å². The van der Waals surface area contributed by atoms with Gasteiger partial charge in [-0.3, -0.25) is 0 Å². The number of hydrogen-bond donors (Lipinski definition) is 1. The Balaban J connectivity index is 2.07. The van der Waals surface area contributed by atoms with Crippen LogP contribution in [0.2, 0.25) is 0 Å². The minimum Gasteiger partial charge on any atom is -0.464 e. The average Bonchev–Trinajstić information content (AvgIpc) is 2.95. The third-order valence-electron chi connectivity index (χ3n) is 5.23. The molecule has 9 heteroatoms. The highest BCUT2D eigenvalue weighted by Crippen LogP contribution is 2.37. The number of alkyl halides is 3. The van der Waals surface area contributed by atoms with Gasteiger partial charge in [0.15, 0.2) is 5.69 Å². The number of benzene rings is 1. The van der Waals surface area contributed by atoms with Gasteiger partial charge in [-0.2, -0.15) is 13.2 Å². The number of aromatic nitrogens is 2. The zero-order chi connectivity index (χ0) is 22.4. The molecule has 1 aromatic carbocycles. The van der Waals surface area contributed by atoms with Crippen molar-refractivity contribution in [2.45, 2.75) is 51.9 Å². The Kier molecular flexibility index (Phi) is 5.62. The highest BCUT2D eigenvalue weighted by atomic mass is 19.4. The lowest BCUT2D eigenvalue weighted by molar-refractivity contribution is -0.138. The Morgan fingerprint density at radius 2 is 1.90 bits per heavy atom. The predicted molar refractivity (Wildman–Crippen MR) is 106 cm³/mol. The van der Waals surface area contributed by atoms with Crippen molar-refractivity contribution in [3.8, 4) is 0 Å². The summed E-state index contributed by atoms with van der Waals surface area (Å²) < 4.78 is 48.0. The van der Waals surface area contributed by atoms with Crippen LogP contribution < -0.4 is 4.90 Å². The van der Waals surface area contributed by atoms with E-state index in [1.807, 2.05) is 20.8 Å². The topological polar surface area (TPSA) is 67.6 Å². The van der Waals surface area contributed by atoms with Crippen LogP contribution in [-0.4, -0.2) is 46.9 Å². The highest BCUT2D eigenvalue weighted by Gasteiger charge is 2.36. The van der Waals surface area contributed by atoms with Crippen LogP contribution in [0.3, 0.4) is 0 Å². The van der Waals surface area contributed by atoms with E-state index < -0.39 is 29.2 Å². The summed E-state index contributed by atoms with van der Waals surface area (Å²) in [6.07, 6.45) is -5.06. The average molecular weight is 425 g/mol. The first-order valence-corrected chi connectivity index (χ1v) is 9.62. The first-order chi connectivity index (χ1) is 13.8. The molecule has 2 aromatic rings. The maximum atomic E-state index is 13.8. The molecular formula is C21H26F3N3O3. The van der Waals surface area contributed by atoms with Gasteiger partial charge < -0.3 is 19.3 Å². The number of aliphatic hydroxyl groups is 1. The SMILES string of the molecule is COC(=O)c1nc(C(C)(C)C)n(Cc2ccc(N3CC(O)C3)cc2C(F)(F)F)c1C. The summed E-state index contributed by atoms with van der Waals surface area (Å²) >= 11 is 0. The van der Waals surface area contributed by atoms with Gasteiger partial charge in [-0.15, -0.1) is 0 Å². The van der Waals surface area contributed by atoms with E-state index >= 15 is 0 Å². The highest BCUT2D eigenvalue weighted by molar-refractivity contribution is 5.88. The van der Waals surface area contributed by atoms with E-state index in [1.54, 1.807) is 22.5 Å². The van der Waals surface area contributed by atoms with E-state index in [-0.39, 0.29) is 17.8 Å². The number of esters is 1. The second kappa shape index (κ2) is 7.61. The first-order valence-electron chi connectivity index (χ1n) is 9.62. The van der Waals surface area contributed by atoms with Crippen molar-refractivity contribution in [1.82, 2.24) is 9.55 Å². The summed E-state index contributed by atoms with van der Waals surface area (Å²) in [7, 11) is 1.24. The van der Waals surface area contributed by atoms with Crippen molar-refractivity contribution >= 4 is 11.7 Å². The molecule has 2 heterocycles. The summed E-state index contributed by atoms with van der Waals surface area (Å²) in [5.74, 6) is -0.122. The van der Waals surface area contributed by atoms with Gasteiger partial charge in [-0.25, -0.2) is 9.78 Å². The molecule has 0 amide bonds. The molecule has 0 spiro atoms. The number of hydrogen-bond acceptors (Lipinski definition) is 5. The molecule has 0 radical (unpaired) electrons. The molecule has 0 bridgehead atoms. The van der Waals surface area contributed by atoms with Gasteiger partial charge in [-0.1, -0.05) is 26.8 Å². The lowest BCUT2D eigenvalue weighted by atomic mass is 9.95. The second-order valence-corrected chi connectivity index (χ2v) is 8.60. The molecule has 30 heavy (non-hydrogen) atoms. The number of methoxy groups -OCH3 is 1. The Morgan fingerprint density at radius 1 is 1.27 bits per heavy atom. The Labute approximate surface area is 173 Å². The molecular weight excluding hydrogens is 399 g/mol. The Morgan fingerprint density at radius 3 is 2.40 bits per heavy atom. The summed E-state index contributed by atoms with van der Waals surface area (Å²) in [6.45, 7) is 7.85. The summed E-state index contributed by atoms with van der Waals surface area (Å²) in [4.78, 5) is 18.2. The largest absolute Gasteiger partial charge is 0.464 e. The van der Waals surface area contributed by atoms with Crippen LogP contribution in [0.4, 0.5) is 18.9 Å². The van der Waals surface area contributed by atoms with E-state index in [1.165, 1.54) is 13.2 Å². The minimum atomic E-state index is -4.55. The third-order valence-corrected chi connectivity index (χ3v) is 5.23. The number of β-amino-alcohol motifs (C(OH)–C–C–N with tert-alkyl or cyclic N) is 1. The third kappa shape index (κ3) is 4.16. The van der Waals surface area contributed by atoms with Gasteiger partial charge in [-0.05, 0) is 24.6 Å². The van der Waals surface area contributed by atoms with Crippen molar-refractivity contribution in [1.29, 1.82) is 0 Å². The molecule has 1 fully saturated rings. The second-order valence-electron chi connectivity index (χ2n) is 8.60. The van der Waals surface area contributed by atoms with Gasteiger partial charge >= 0.3 is 12.1 Å². The standard InChI is InChI=1S/C21H26F3N3O3/c1-12-17(18(29)30-5)25-19(20(2,3)4)27(12)9-13-6-7-14(26-10-15(28)11-26)8-16(13)21(22,23)24/h6-8,15,28H,9-11H2,1-5H3. The molecule has 164 valence electrons. The quantitative estimate of drug-likeness (QED) is 0.760. The van der Waals surface area contributed by atoms with Crippen molar-refractivity contribution < 1.29 is 27.8 Å². The smallest absolute Gasteiger partial charge is 0.416 e. The van der Waals surface area contributed by atoms with Gasteiger partial charge in [0, 0.05) is 36.4 Å². The van der Waals surface area contributed by atoms with E-state index in [9.17, 15) is 23.1 Å². The summed E-state index contributed by atoms with van der Waals surface area (Å²) in [5, 5.41) is 9.45. The molecule has 0 aliphatic carbocycles. The number of halogens is 3. The maximum absolute atomic E-state index is 13.8. The first kappa shape index (κ1) is 22.1.